The highest BCUT2D eigenvalue weighted by Gasteiger charge is 2.39. The zero-order valence-corrected chi connectivity index (χ0v) is 14.0. The van der Waals surface area contributed by atoms with Crippen molar-refractivity contribution in [3.63, 3.8) is 0 Å². The van der Waals surface area contributed by atoms with Gasteiger partial charge in [0, 0.05) is 17.2 Å². The summed E-state index contributed by atoms with van der Waals surface area (Å²) in [5.74, 6) is 1.98. The van der Waals surface area contributed by atoms with Crippen LogP contribution in [0.1, 0.15) is 25.7 Å². The van der Waals surface area contributed by atoms with Crippen molar-refractivity contribution < 1.29 is 8.42 Å². The highest BCUT2D eigenvalue weighted by molar-refractivity contribution is 9.10. The van der Waals surface area contributed by atoms with Crippen LogP contribution in [-0.2, 0) is 10.0 Å². The van der Waals surface area contributed by atoms with Crippen LogP contribution in [0, 0.1) is 17.8 Å². The Morgan fingerprint density at radius 2 is 2.20 bits per heavy atom. The number of rotatable bonds is 4. The van der Waals surface area contributed by atoms with E-state index in [2.05, 4.69) is 25.6 Å². The largest absolute Gasteiger partial charge is 0.243 e. The number of nitrogens with zero attached hydrogens (tertiary/aromatic N) is 1. The monoisotopic (exact) mass is 378 g/mol. The van der Waals surface area contributed by atoms with Gasteiger partial charge >= 0.3 is 0 Å². The Bertz CT molecular complexity index is 623. The minimum atomic E-state index is -3.59. The summed E-state index contributed by atoms with van der Waals surface area (Å²) in [6.07, 6.45) is 6.46. The maximum atomic E-state index is 12.3. The normalized spacial score (nSPS) is 29.0. The Labute approximate surface area is 132 Å². The van der Waals surface area contributed by atoms with Crippen molar-refractivity contribution in [1.29, 1.82) is 0 Å². The highest BCUT2D eigenvalue weighted by Crippen LogP contribution is 2.48. The maximum Gasteiger partial charge on any atom is 0.243 e. The molecular formula is C13H16BrClN2O2S. The smallest absolute Gasteiger partial charge is 0.242 e. The van der Waals surface area contributed by atoms with Crippen LogP contribution in [0.4, 0.5) is 0 Å². The molecule has 20 heavy (non-hydrogen) atoms. The number of sulfonamides is 1. The quantitative estimate of drug-likeness (QED) is 0.817. The van der Waals surface area contributed by atoms with E-state index in [0.29, 0.717) is 22.9 Å². The van der Waals surface area contributed by atoms with E-state index in [1.54, 1.807) is 0 Å². The van der Waals surface area contributed by atoms with Gasteiger partial charge in [-0.15, -0.1) is 0 Å². The molecule has 2 aliphatic carbocycles. The Balaban J connectivity index is 1.71. The number of aromatic nitrogens is 1. The lowest BCUT2D eigenvalue weighted by Gasteiger charge is -2.21. The molecule has 7 heteroatoms. The zero-order valence-electron chi connectivity index (χ0n) is 10.9. The van der Waals surface area contributed by atoms with Crippen LogP contribution >= 0.6 is 27.5 Å². The minimum absolute atomic E-state index is 0.00800. The predicted octanol–water partition coefficient (Wildman–Crippen LogP) is 3.21. The summed E-state index contributed by atoms with van der Waals surface area (Å²) in [6.45, 7) is 0.506. The van der Waals surface area contributed by atoms with E-state index in [9.17, 15) is 8.42 Å². The van der Waals surface area contributed by atoms with E-state index in [1.807, 2.05) is 0 Å². The second-order valence-corrected chi connectivity index (χ2v) is 8.74. The van der Waals surface area contributed by atoms with Gasteiger partial charge in [-0.1, -0.05) is 18.0 Å². The SMILES string of the molecule is O=S(=O)(NCC1CC2CCC1C2)c1cc(Br)cnc1Cl. The second kappa shape index (κ2) is 5.55. The number of fused-ring (bicyclic) bond motifs is 2. The van der Waals surface area contributed by atoms with Gasteiger partial charge < -0.3 is 0 Å². The molecule has 2 saturated carbocycles. The molecule has 2 bridgehead atoms. The van der Waals surface area contributed by atoms with E-state index in [1.165, 1.54) is 31.5 Å². The molecule has 0 radical (unpaired) electrons. The number of halogens is 2. The Morgan fingerprint density at radius 1 is 1.40 bits per heavy atom. The molecule has 2 aliphatic rings. The van der Waals surface area contributed by atoms with E-state index in [-0.39, 0.29) is 10.0 Å². The summed E-state index contributed by atoms with van der Waals surface area (Å²) in [4.78, 5) is 3.90. The van der Waals surface area contributed by atoms with Crippen molar-refractivity contribution in [3.05, 3.63) is 21.9 Å². The first-order chi connectivity index (χ1) is 9.45. The molecule has 0 aromatic carbocycles. The molecule has 4 nitrogen and oxygen atoms in total. The molecule has 1 heterocycles. The summed E-state index contributed by atoms with van der Waals surface area (Å²) in [7, 11) is -3.59. The van der Waals surface area contributed by atoms with Crippen molar-refractivity contribution in [2.24, 2.45) is 17.8 Å². The van der Waals surface area contributed by atoms with Crippen LogP contribution in [-0.4, -0.2) is 19.9 Å². The van der Waals surface area contributed by atoms with Crippen LogP contribution < -0.4 is 4.72 Å². The molecule has 110 valence electrons. The molecule has 1 N–H and O–H groups in total. The van der Waals surface area contributed by atoms with Crippen LogP contribution in [0.2, 0.25) is 5.15 Å². The molecular weight excluding hydrogens is 364 g/mol. The fraction of sp³-hybridized carbons (Fsp3) is 0.615. The van der Waals surface area contributed by atoms with Gasteiger partial charge in [0.2, 0.25) is 10.0 Å². The van der Waals surface area contributed by atoms with Crippen molar-refractivity contribution in [1.82, 2.24) is 9.71 Å². The lowest BCUT2D eigenvalue weighted by atomic mass is 9.89. The lowest BCUT2D eigenvalue weighted by molar-refractivity contribution is 0.333. The van der Waals surface area contributed by atoms with Gasteiger partial charge in [0.1, 0.15) is 10.0 Å². The molecule has 1 aromatic rings. The van der Waals surface area contributed by atoms with Crippen LogP contribution in [0.25, 0.3) is 0 Å². The predicted molar refractivity (Wildman–Crippen MR) is 81.1 cm³/mol. The van der Waals surface area contributed by atoms with E-state index < -0.39 is 10.0 Å². The molecule has 0 amide bonds. The molecule has 3 unspecified atom stereocenters. The fourth-order valence-electron chi connectivity index (χ4n) is 3.51. The summed E-state index contributed by atoms with van der Waals surface area (Å²) in [5.41, 5.74) is 0. The maximum absolute atomic E-state index is 12.3. The van der Waals surface area contributed by atoms with Crippen molar-refractivity contribution in [2.75, 3.05) is 6.54 Å². The summed E-state index contributed by atoms with van der Waals surface area (Å²) >= 11 is 9.11. The molecule has 0 aliphatic heterocycles. The van der Waals surface area contributed by atoms with Crippen LogP contribution in [0.15, 0.2) is 21.6 Å². The molecule has 0 spiro atoms. The Morgan fingerprint density at radius 3 is 2.85 bits per heavy atom. The van der Waals surface area contributed by atoms with Gasteiger partial charge in [0.15, 0.2) is 0 Å². The van der Waals surface area contributed by atoms with Crippen molar-refractivity contribution >= 4 is 37.6 Å². The van der Waals surface area contributed by atoms with E-state index >= 15 is 0 Å². The minimum Gasteiger partial charge on any atom is -0.242 e. The number of nitrogens with one attached hydrogen (secondary N) is 1. The molecule has 0 saturated heterocycles. The van der Waals surface area contributed by atoms with Gasteiger partial charge in [0.25, 0.3) is 0 Å². The van der Waals surface area contributed by atoms with Crippen LogP contribution in [0.3, 0.4) is 0 Å². The number of pyridine rings is 1. The summed E-state index contributed by atoms with van der Waals surface area (Å²) in [6, 6.07) is 1.48. The van der Waals surface area contributed by atoms with Gasteiger partial charge in [-0.3, -0.25) is 0 Å². The van der Waals surface area contributed by atoms with Gasteiger partial charge in [-0.25, -0.2) is 18.1 Å². The number of hydrogen-bond acceptors (Lipinski definition) is 3. The number of hydrogen-bond donors (Lipinski definition) is 1. The first kappa shape index (κ1) is 14.8. The van der Waals surface area contributed by atoms with E-state index in [4.69, 9.17) is 11.6 Å². The average molecular weight is 380 g/mol. The first-order valence-corrected chi connectivity index (χ1v) is 9.42. The molecule has 3 atom stereocenters. The Hall–Kier alpha value is -0.170. The third kappa shape index (κ3) is 2.89. The highest BCUT2D eigenvalue weighted by atomic mass is 79.9. The third-order valence-electron chi connectivity index (χ3n) is 4.48. The van der Waals surface area contributed by atoms with Crippen molar-refractivity contribution in [2.45, 2.75) is 30.6 Å². The summed E-state index contributed by atoms with van der Waals surface area (Å²) in [5, 5.41) is 0.00800. The van der Waals surface area contributed by atoms with Crippen molar-refractivity contribution in [3.8, 4) is 0 Å². The van der Waals surface area contributed by atoms with Gasteiger partial charge in [0.05, 0.1) is 0 Å². The van der Waals surface area contributed by atoms with Crippen LogP contribution in [0.5, 0.6) is 0 Å². The molecule has 1 aromatic heterocycles. The standard InChI is InChI=1S/C13H16BrClN2O2S/c14-11-5-12(13(15)16-7-11)20(18,19)17-6-10-4-8-1-2-9(10)3-8/h5,7-10,17H,1-4,6H2. The molecule has 2 fully saturated rings. The van der Waals surface area contributed by atoms with Gasteiger partial charge in [-0.05, 0) is 59.0 Å². The zero-order chi connectivity index (χ0) is 14.3. The van der Waals surface area contributed by atoms with E-state index in [0.717, 1.165) is 12.3 Å². The Kier molecular flexibility index (Phi) is 4.10. The third-order valence-corrected chi connectivity index (χ3v) is 6.77. The average Bonchev–Trinajstić information content (AvgIpc) is 3.01. The topological polar surface area (TPSA) is 59.1 Å². The molecule has 3 rings (SSSR count). The van der Waals surface area contributed by atoms with Gasteiger partial charge in [-0.2, -0.15) is 0 Å². The first-order valence-electron chi connectivity index (χ1n) is 6.76. The second-order valence-electron chi connectivity index (χ2n) is 5.73. The summed E-state index contributed by atoms with van der Waals surface area (Å²) < 4.78 is 27.9. The lowest BCUT2D eigenvalue weighted by Crippen LogP contribution is -2.31. The fourth-order valence-corrected chi connectivity index (χ4v) is 5.55.